The minimum absolute atomic E-state index is 0.0802. The highest BCUT2D eigenvalue weighted by atomic mass is 16.5. The van der Waals surface area contributed by atoms with Crippen molar-refractivity contribution >= 4 is 23.2 Å². The molecule has 1 aromatic heterocycles. The average molecular weight is 392 g/mol. The van der Waals surface area contributed by atoms with Gasteiger partial charge in [0.2, 0.25) is 5.91 Å². The van der Waals surface area contributed by atoms with Crippen molar-refractivity contribution < 1.29 is 18.8 Å². The number of hydrogen-bond donors (Lipinski definition) is 1. The molecule has 29 heavy (non-hydrogen) atoms. The van der Waals surface area contributed by atoms with Gasteiger partial charge in [0.05, 0.1) is 12.8 Å². The summed E-state index contributed by atoms with van der Waals surface area (Å²) in [6.07, 6.45) is 1.38. The van der Waals surface area contributed by atoms with Crippen LogP contribution in [0.15, 0.2) is 47.0 Å². The Labute approximate surface area is 167 Å². The maximum absolute atomic E-state index is 12.6. The second-order valence-electron chi connectivity index (χ2n) is 6.71. The Balaban J connectivity index is 1.50. The van der Waals surface area contributed by atoms with Crippen LogP contribution in [0.3, 0.4) is 0 Å². The monoisotopic (exact) mass is 392 g/mol. The molecular weight excluding hydrogens is 372 g/mol. The molecule has 4 rings (SSSR count). The molecule has 8 heteroatoms. The third kappa shape index (κ3) is 3.82. The average Bonchev–Trinajstić information content (AvgIpc) is 3.36. The van der Waals surface area contributed by atoms with E-state index in [1.54, 1.807) is 61.4 Å². The molecule has 0 atom stereocenters. The second-order valence-corrected chi connectivity index (χ2v) is 6.71. The van der Waals surface area contributed by atoms with Crippen LogP contribution in [0.5, 0.6) is 5.75 Å². The zero-order valence-electron chi connectivity index (χ0n) is 16.1. The van der Waals surface area contributed by atoms with Gasteiger partial charge in [0.1, 0.15) is 5.75 Å². The number of ether oxygens (including phenoxy) is 1. The molecule has 0 bridgehead atoms. The van der Waals surface area contributed by atoms with Crippen LogP contribution in [0.2, 0.25) is 0 Å². The number of amides is 2. The first-order valence-corrected chi connectivity index (χ1v) is 9.25. The molecule has 0 spiro atoms. The molecule has 2 amide bonds. The Kier molecular flexibility index (Phi) is 4.99. The van der Waals surface area contributed by atoms with Gasteiger partial charge in [0.15, 0.2) is 5.82 Å². The molecule has 3 aromatic rings. The Bertz CT molecular complexity index is 1060. The minimum Gasteiger partial charge on any atom is -0.494 e. The molecule has 1 saturated heterocycles. The maximum Gasteiger partial charge on any atom is 0.257 e. The molecule has 0 unspecified atom stereocenters. The SMILES string of the molecule is COc1cc(NC(=O)c2ccc(-c3nc(C)no3)cc2)ccc1N1CCCC1=O. The normalized spacial score (nSPS) is 13.6. The first-order valence-electron chi connectivity index (χ1n) is 9.25. The van der Waals surface area contributed by atoms with E-state index in [4.69, 9.17) is 9.26 Å². The van der Waals surface area contributed by atoms with Gasteiger partial charge in [0.25, 0.3) is 11.8 Å². The fraction of sp³-hybridized carbons (Fsp3) is 0.238. The number of nitrogens with zero attached hydrogens (tertiary/aromatic N) is 3. The first kappa shape index (κ1) is 18.7. The van der Waals surface area contributed by atoms with Crippen molar-refractivity contribution in [3.05, 3.63) is 53.9 Å². The largest absolute Gasteiger partial charge is 0.494 e. The highest BCUT2D eigenvalue weighted by Crippen LogP contribution is 2.34. The van der Waals surface area contributed by atoms with Crippen molar-refractivity contribution in [1.29, 1.82) is 0 Å². The lowest BCUT2D eigenvalue weighted by molar-refractivity contribution is -0.117. The van der Waals surface area contributed by atoms with Crippen LogP contribution in [0.25, 0.3) is 11.5 Å². The van der Waals surface area contributed by atoms with Crippen molar-refractivity contribution in [2.24, 2.45) is 0 Å². The Hall–Kier alpha value is -3.68. The summed E-state index contributed by atoms with van der Waals surface area (Å²) in [5.74, 6) is 1.32. The summed E-state index contributed by atoms with van der Waals surface area (Å²) in [7, 11) is 1.54. The van der Waals surface area contributed by atoms with E-state index in [1.165, 1.54) is 0 Å². The number of benzene rings is 2. The number of carbonyl (C=O) groups is 2. The van der Waals surface area contributed by atoms with Gasteiger partial charge in [-0.25, -0.2) is 0 Å². The standard InChI is InChI=1S/C21H20N4O4/c1-13-22-21(29-24-13)15-7-5-14(6-8-15)20(27)23-16-9-10-17(18(12-16)28-2)25-11-3-4-19(25)26/h5-10,12H,3-4,11H2,1-2H3,(H,23,27). The number of hydrogen-bond acceptors (Lipinski definition) is 6. The van der Waals surface area contributed by atoms with Gasteiger partial charge in [-0.2, -0.15) is 4.98 Å². The fourth-order valence-corrected chi connectivity index (χ4v) is 3.26. The maximum atomic E-state index is 12.6. The number of rotatable bonds is 5. The summed E-state index contributed by atoms with van der Waals surface area (Å²) in [4.78, 5) is 30.5. The molecule has 0 radical (unpaired) electrons. The predicted octanol–water partition coefficient (Wildman–Crippen LogP) is 3.43. The number of carbonyl (C=O) groups excluding carboxylic acids is 2. The van der Waals surface area contributed by atoms with Crippen LogP contribution in [0.1, 0.15) is 29.0 Å². The molecule has 1 N–H and O–H groups in total. The summed E-state index contributed by atoms with van der Waals surface area (Å²) in [6, 6.07) is 12.2. The molecule has 2 heterocycles. The number of anilines is 2. The summed E-state index contributed by atoms with van der Waals surface area (Å²) >= 11 is 0. The predicted molar refractivity (Wildman–Crippen MR) is 107 cm³/mol. The van der Waals surface area contributed by atoms with Crippen LogP contribution in [-0.4, -0.2) is 35.6 Å². The van der Waals surface area contributed by atoms with Gasteiger partial charge in [0, 0.05) is 35.8 Å². The first-order chi connectivity index (χ1) is 14.0. The lowest BCUT2D eigenvalue weighted by atomic mass is 10.1. The Morgan fingerprint density at radius 3 is 2.62 bits per heavy atom. The number of nitrogens with one attached hydrogen (secondary N) is 1. The lowest BCUT2D eigenvalue weighted by Crippen LogP contribution is -2.24. The van der Waals surface area contributed by atoms with Gasteiger partial charge in [-0.05, 0) is 49.7 Å². The van der Waals surface area contributed by atoms with Crippen molar-refractivity contribution in [3.8, 4) is 17.2 Å². The van der Waals surface area contributed by atoms with Gasteiger partial charge in [-0.15, -0.1) is 0 Å². The van der Waals surface area contributed by atoms with Crippen molar-refractivity contribution in [1.82, 2.24) is 10.1 Å². The van der Waals surface area contributed by atoms with E-state index in [-0.39, 0.29) is 11.8 Å². The topological polar surface area (TPSA) is 97.6 Å². The summed E-state index contributed by atoms with van der Waals surface area (Å²) in [5, 5.41) is 6.61. The van der Waals surface area contributed by atoms with Crippen LogP contribution < -0.4 is 15.0 Å². The zero-order chi connectivity index (χ0) is 20.4. The molecule has 2 aromatic carbocycles. The van der Waals surface area contributed by atoms with Crippen molar-refractivity contribution in [3.63, 3.8) is 0 Å². The minimum atomic E-state index is -0.259. The summed E-state index contributed by atoms with van der Waals surface area (Å²) in [6.45, 7) is 2.42. The molecule has 1 aliphatic rings. The van der Waals surface area contributed by atoms with E-state index >= 15 is 0 Å². The molecule has 148 valence electrons. The smallest absolute Gasteiger partial charge is 0.257 e. The number of aromatic nitrogens is 2. The van der Waals surface area contributed by atoms with Gasteiger partial charge >= 0.3 is 0 Å². The Morgan fingerprint density at radius 2 is 2.00 bits per heavy atom. The van der Waals surface area contributed by atoms with Gasteiger partial charge in [-0.3, -0.25) is 9.59 Å². The fourth-order valence-electron chi connectivity index (χ4n) is 3.26. The summed E-state index contributed by atoms with van der Waals surface area (Å²) < 4.78 is 10.6. The molecule has 1 fully saturated rings. The highest BCUT2D eigenvalue weighted by molar-refractivity contribution is 6.05. The summed E-state index contributed by atoms with van der Waals surface area (Å²) in [5.41, 5.74) is 2.53. The second kappa shape index (κ2) is 7.75. The van der Waals surface area contributed by atoms with E-state index in [2.05, 4.69) is 15.5 Å². The van der Waals surface area contributed by atoms with Crippen molar-refractivity contribution in [2.45, 2.75) is 19.8 Å². The van der Waals surface area contributed by atoms with Gasteiger partial charge in [-0.1, -0.05) is 5.16 Å². The molecular formula is C21H20N4O4. The van der Waals surface area contributed by atoms with E-state index in [9.17, 15) is 9.59 Å². The number of methoxy groups -OCH3 is 1. The molecule has 8 nitrogen and oxygen atoms in total. The van der Waals surface area contributed by atoms with Crippen molar-refractivity contribution in [2.75, 3.05) is 23.9 Å². The van der Waals surface area contributed by atoms with Gasteiger partial charge < -0.3 is 19.5 Å². The van der Waals surface area contributed by atoms with Crippen LogP contribution in [0, 0.1) is 6.92 Å². The van der Waals surface area contributed by atoms with Crippen LogP contribution in [0.4, 0.5) is 11.4 Å². The molecule has 0 saturated carbocycles. The molecule has 0 aliphatic carbocycles. The Morgan fingerprint density at radius 1 is 1.21 bits per heavy atom. The van der Waals surface area contributed by atoms with E-state index in [0.29, 0.717) is 47.4 Å². The number of aryl methyl sites for hydroxylation is 1. The quantitative estimate of drug-likeness (QED) is 0.714. The highest BCUT2D eigenvalue weighted by Gasteiger charge is 2.24. The lowest BCUT2D eigenvalue weighted by Gasteiger charge is -2.19. The van der Waals surface area contributed by atoms with E-state index < -0.39 is 0 Å². The van der Waals surface area contributed by atoms with Crippen LogP contribution >= 0.6 is 0 Å². The van der Waals surface area contributed by atoms with Crippen LogP contribution in [-0.2, 0) is 4.79 Å². The van der Waals surface area contributed by atoms with E-state index in [0.717, 1.165) is 12.0 Å². The zero-order valence-corrected chi connectivity index (χ0v) is 16.1. The third-order valence-electron chi connectivity index (χ3n) is 4.72. The third-order valence-corrected chi connectivity index (χ3v) is 4.72. The van der Waals surface area contributed by atoms with E-state index in [1.807, 2.05) is 0 Å². The molecule has 1 aliphatic heterocycles.